The Labute approximate surface area is 248 Å². The third-order valence-corrected chi connectivity index (χ3v) is 9.05. The maximum Gasteiger partial charge on any atom is 0.0731 e. The van der Waals surface area contributed by atoms with Gasteiger partial charge in [0.25, 0.3) is 0 Å². The molecule has 0 rings (SSSR count). The lowest BCUT2D eigenvalue weighted by molar-refractivity contribution is -0.0850. The molecule has 3 nitrogen and oxygen atoms in total. The van der Waals surface area contributed by atoms with Gasteiger partial charge >= 0.3 is 0 Å². The maximum atomic E-state index is 7.00. The zero-order chi connectivity index (χ0) is 29.1. The number of hydrogen-bond donors (Lipinski definition) is 0. The normalized spacial score (nSPS) is 15.2. The lowest BCUT2D eigenvalue weighted by atomic mass is 9.96. The molecule has 4 unspecified atom stereocenters. The van der Waals surface area contributed by atoms with E-state index in [2.05, 4.69) is 65.7 Å². The first kappa shape index (κ1) is 38.9. The maximum absolute atomic E-state index is 7.00. The topological polar surface area (TPSA) is 15.7 Å². The van der Waals surface area contributed by atoms with Gasteiger partial charge in [-0.3, -0.25) is 0 Å². The predicted octanol–water partition coefficient (Wildman–Crippen LogP) is 11.0. The van der Waals surface area contributed by atoms with Crippen LogP contribution in [0.4, 0.5) is 0 Å². The van der Waals surface area contributed by atoms with Crippen LogP contribution in [0.5, 0.6) is 0 Å². The first-order valence-electron chi connectivity index (χ1n) is 17.9. The molecule has 0 aromatic heterocycles. The molecule has 0 fully saturated rings. The average molecular weight is 553 g/mol. The molecule has 3 heteroatoms. The molecule has 0 aromatic rings. The van der Waals surface area contributed by atoms with E-state index in [0.29, 0.717) is 24.3 Å². The Bertz CT molecular complexity index is 439. The number of ether oxygens (including phenoxy) is 1. The highest BCUT2D eigenvalue weighted by Gasteiger charge is 2.29. The van der Waals surface area contributed by atoms with Crippen LogP contribution in [0.3, 0.4) is 0 Å². The van der Waals surface area contributed by atoms with E-state index in [9.17, 15) is 0 Å². The van der Waals surface area contributed by atoms with Gasteiger partial charge in [0.1, 0.15) is 0 Å². The van der Waals surface area contributed by atoms with Crippen LogP contribution in [0.2, 0.25) is 0 Å². The minimum absolute atomic E-state index is 0.332. The molecule has 0 spiro atoms. The second-order valence-electron chi connectivity index (χ2n) is 13.0. The summed E-state index contributed by atoms with van der Waals surface area (Å²) in [6.07, 6.45) is 33.6. The van der Waals surface area contributed by atoms with Gasteiger partial charge in [-0.25, -0.2) is 0 Å². The van der Waals surface area contributed by atoms with E-state index in [1.54, 1.807) is 0 Å². The van der Waals surface area contributed by atoms with Crippen LogP contribution < -0.4 is 0 Å². The predicted molar refractivity (Wildman–Crippen MR) is 177 cm³/mol. The van der Waals surface area contributed by atoms with Gasteiger partial charge in [0.2, 0.25) is 0 Å². The van der Waals surface area contributed by atoms with Crippen molar-refractivity contribution < 1.29 is 4.74 Å². The molecule has 0 heterocycles. The Morgan fingerprint density at radius 2 is 0.641 bits per heavy atom. The number of hydrogen-bond acceptors (Lipinski definition) is 3. The first-order valence-corrected chi connectivity index (χ1v) is 17.9. The van der Waals surface area contributed by atoms with Crippen molar-refractivity contribution in [3.05, 3.63) is 0 Å². The number of likely N-dealkylation sites (N-methyl/N-ethyl adjacent to an activating group) is 2. The third kappa shape index (κ3) is 21.3. The molecule has 0 aromatic carbocycles. The van der Waals surface area contributed by atoms with E-state index < -0.39 is 0 Å². The van der Waals surface area contributed by atoms with Crippen molar-refractivity contribution >= 4 is 0 Å². The van der Waals surface area contributed by atoms with E-state index in [4.69, 9.17) is 4.74 Å². The molecule has 0 amide bonds. The van der Waals surface area contributed by atoms with E-state index in [0.717, 1.165) is 12.8 Å². The molecule has 0 N–H and O–H groups in total. The van der Waals surface area contributed by atoms with Crippen molar-refractivity contribution in [3.63, 3.8) is 0 Å². The van der Waals surface area contributed by atoms with E-state index in [-0.39, 0.29) is 0 Å². The smallest absolute Gasteiger partial charge is 0.0731 e. The van der Waals surface area contributed by atoms with Gasteiger partial charge in [-0.2, -0.15) is 0 Å². The summed E-state index contributed by atoms with van der Waals surface area (Å²) in [4.78, 5) is 4.89. The number of unbranched alkanes of at least 4 members (excludes halogenated alkanes) is 18. The van der Waals surface area contributed by atoms with Gasteiger partial charge in [-0.1, -0.05) is 156 Å². The van der Waals surface area contributed by atoms with Crippen LogP contribution in [0, 0.1) is 0 Å². The fourth-order valence-electron chi connectivity index (χ4n) is 6.38. The summed E-state index contributed by atoms with van der Waals surface area (Å²) >= 11 is 0. The summed E-state index contributed by atoms with van der Waals surface area (Å²) < 4.78 is 7.00. The minimum atomic E-state index is 0.332. The van der Waals surface area contributed by atoms with E-state index in [1.165, 1.54) is 141 Å². The molecule has 4 atom stereocenters. The number of rotatable bonds is 30. The minimum Gasteiger partial charge on any atom is -0.372 e. The fraction of sp³-hybridized carbons (Fsp3) is 1.00. The summed E-state index contributed by atoms with van der Waals surface area (Å²) in [5.41, 5.74) is 0. The third-order valence-electron chi connectivity index (χ3n) is 9.05. The van der Waals surface area contributed by atoms with Gasteiger partial charge < -0.3 is 14.5 Å². The van der Waals surface area contributed by atoms with Crippen LogP contribution in [0.25, 0.3) is 0 Å². The Balaban J connectivity index is 4.49. The Morgan fingerprint density at radius 1 is 0.385 bits per heavy atom. The molecular formula is C36H76N2O. The Morgan fingerprint density at radius 3 is 0.872 bits per heavy atom. The lowest BCUT2D eigenvalue weighted by Gasteiger charge is -2.38. The summed E-state index contributed by atoms with van der Waals surface area (Å²) in [5, 5.41) is 0. The number of nitrogens with zero attached hydrogens (tertiary/aromatic N) is 2. The van der Waals surface area contributed by atoms with Gasteiger partial charge in [-0.15, -0.1) is 0 Å². The molecule has 0 saturated heterocycles. The van der Waals surface area contributed by atoms with E-state index in [1.807, 2.05) is 0 Å². The van der Waals surface area contributed by atoms with Gasteiger partial charge in [0.15, 0.2) is 0 Å². The average Bonchev–Trinajstić information content (AvgIpc) is 2.92. The Kier molecular flexibility index (Phi) is 27.9. The summed E-state index contributed by atoms with van der Waals surface area (Å²) in [6.45, 7) is 9.27. The zero-order valence-electron chi connectivity index (χ0n) is 28.6. The first-order chi connectivity index (χ1) is 18.9. The van der Waals surface area contributed by atoms with Crippen LogP contribution in [-0.4, -0.2) is 62.3 Å². The highest BCUT2D eigenvalue weighted by Crippen LogP contribution is 2.24. The molecule has 0 aliphatic heterocycles. The Hall–Kier alpha value is -0.120. The summed E-state index contributed by atoms with van der Waals surface area (Å²) in [7, 11) is 9.06. The van der Waals surface area contributed by atoms with Crippen molar-refractivity contribution in [3.8, 4) is 0 Å². The van der Waals surface area contributed by atoms with E-state index >= 15 is 0 Å². The lowest BCUT2D eigenvalue weighted by Crippen LogP contribution is -2.47. The van der Waals surface area contributed by atoms with Crippen molar-refractivity contribution in [2.75, 3.05) is 28.2 Å². The second kappa shape index (κ2) is 28.0. The fourth-order valence-corrected chi connectivity index (χ4v) is 6.38. The highest BCUT2D eigenvalue weighted by atomic mass is 16.5. The quantitative estimate of drug-likeness (QED) is 0.0824. The van der Waals surface area contributed by atoms with Crippen LogP contribution in [0.1, 0.15) is 182 Å². The standard InChI is InChI=1S/C36H76N2O/c1-9-13-15-17-19-21-23-25-27-29-31-33(37(5)6)35(11-3)39-36(12-4)34(38(7)8)32-30-28-26-24-22-20-18-16-14-10-2/h33-36H,9-32H2,1-8H3. The molecule has 236 valence electrons. The largest absolute Gasteiger partial charge is 0.372 e. The molecule has 39 heavy (non-hydrogen) atoms. The summed E-state index contributed by atoms with van der Waals surface area (Å²) in [6, 6.07) is 1.05. The van der Waals surface area contributed by atoms with Crippen molar-refractivity contribution in [1.82, 2.24) is 9.80 Å². The second-order valence-corrected chi connectivity index (χ2v) is 13.0. The molecular weight excluding hydrogens is 476 g/mol. The molecule has 0 saturated carbocycles. The van der Waals surface area contributed by atoms with Crippen molar-refractivity contribution in [2.45, 2.75) is 206 Å². The van der Waals surface area contributed by atoms with Gasteiger partial charge in [0, 0.05) is 12.1 Å². The summed E-state index contributed by atoms with van der Waals surface area (Å²) in [5.74, 6) is 0. The van der Waals surface area contributed by atoms with Gasteiger partial charge in [-0.05, 0) is 53.9 Å². The molecule has 0 aliphatic rings. The SMILES string of the molecule is CCCCCCCCCCCCC(C(CC)OC(CC)C(CCCCCCCCCCCC)N(C)C)N(C)C. The van der Waals surface area contributed by atoms with Crippen LogP contribution >= 0.6 is 0 Å². The van der Waals surface area contributed by atoms with Crippen LogP contribution in [0.15, 0.2) is 0 Å². The zero-order valence-corrected chi connectivity index (χ0v) is 28.6. The monoisotopic (exact) mass is 553 g/mol. The highest BCUT2D eigenvalue weighted by molar-refractivity contribution is 4.82. The van der Waals surface area contributed by atoms with Crippen molar-refractivity contribution in [1.29, 1.82) is 0 Å². The van der Waals surface area contributed by atoms with Crippen LogP contribution in [-0.2, 0) is 4.74 Å². The molecule has 0 radical (unpaired) electrons. The van der Waals surface area contributed by atoms with Gasteiger partial charge in [0.05, 0.1) is 12.2 Å². The molecule has 0 bridgehead atoms. The molecule has 0 aliphatic carbocycles. The van der Waals surface area contributed by atoms with Crippen molar-refractivity contribution in [2.24, 2.45) is 0 Å².